The van der Waals surface area contributed by atoms with Crippen LogP contribution < -0.4 is 10.2 Å². The minimum atomic E-state index is 0.257. The number of aromatic nitrogens is 1. The summed E-state index contributed by atoms with van der Waals surface area (Å²) in [5.41, 5.74) is 3.75. The van der Waals surface area contributed by atoms with Crippen LogP contribution in [0.15, 0.2) is 60.8 Å². The summed E-state index contributed by atoms with van der Waals surface area (Å²) in [6.45, 7) is 5.05. The first-order valence-electron chi connectivity index (χ1n) is 10.1. The van der Waals surface area contributed by atoms with Crippen LogP contribution in [0.3, 0.4) is 0 Å². The number of piperazine rings is 1. The van der Waals surface area contributed by atoms with Crippen molar-refractivity contribution in [3.8, 4) is 0 Å². The highest BCUT2D eigenvalue weighted by Gasteiger charge is 2.20. The van der Waals surface area contributed by atoms with Crippen molar-refractivity contribution in [2.75, 3.05) is 44.2 Å². The molecule has 146 valence electrons. The molecule has 0 spiro atoms. The van der Waals surface area contributed by atoms with E-state index >= 15 is 0 Å². The number of benzene rings is 2. The Morgan fingerprint density at radius 1 is 0.929 bits per heavy atom. The second-order valence-electron chi connectivity index (χ2n) is 7.31. The number of rotatable bonds is 7. The van der Waals surface area contributed by atoms with Crippen molar-refractivity contribution < 1.29 is 4.79 Å². The normalized spacial score (nSPS) is 14.6. The van der Waals surface area contributed by atoms with Gasteiger partial charge < -0.3 is 20.1 Å². The summed E-state index contributed by atoms with van der Waals surface area (Å²) in [6.07, 6.45) is 3.62. The minimum absolute atomic E-state index is 0.257. The van der Waals surface area contributed by atoms with Crippen molar-refractivity contribution in [1.82, 2.24) is 15.2 Å². The van der Waals surface area contributed by atoms with Crippen molar-refractivity contribution in [2.45, 2.75) is 12.8 Å². The molecule has 2 N–H and O–H groups in total. The van der Waals surface area contributed by atoms with E-state index in [4.69, 9.17) is 0 Å². The highest BCUT2D eigenvalue weighted by molar-refractivity contribution is 5.83. The van der Waals surface area contributed by atoms with Crippen LogP contribution in [0.2, 0.25) is 0 Å². The molecule has 0 radical (unpaired) electrons. The molecular weight excluding hydrogens is 348 g/mol. The average Bonchev–Trinajstić information content (AvgIpc) is 3.17. The summed E-state index contributed by atoms with van der Waals surface area (Å²) in [5.74, 6) is 0.257. The van der Waals surface area contributed by atoms with Gasteiger partial charge in [-0.2, -0.15) is 0 Å². The van der Waals surface area contributed by atoms with Gasteiger partial charge in [0.15, 0.2) is 0 Å². The lowest BCUT2D eigenvalue weighted by Crippen LogP contribution is -2.49. The van der Waals surface area contributed by atoms with Gasteiger partial charge in [-0.05, 0) is 36.7 Å². The number of fused-ring (bicyclic) bond motifs is 1. The standard InChI is InChI=1S/C23H28N4O/c28-23(27-16-14-26(15-17-27)20-6-2-1-3-7-20)11-13-24-12-10-19-18-25-22-9-5-4-8-21(19)22/h1-9,18,24-25H,10-17H2. The van der Waals surface area contributed by atoms with Gasteiger partial charge in [-0.15, -0.1) is 0 Å². The van der Waals surface area contributed by atoms with E-state index < -0.39 is 0 Å². The molecule has 5 heteroatoms. The van der Waals surface area contributed by atoms with Crippen LogP contribution in [0.25, 0.3) is 10.9 Å². The lowest BCUT2D eigenvalue weighted by molar-refractivity contribution is -0.131. The molecule has 1 aromatic heterocycles. The topological polar surface area (TPSA) is 51.4 Å². The second-order valence-corrected chi connectivity index (χ2v) is 7.31. The summed E-state index contributed by atoms with van der Waals surface area (Å²) in [4.78, 5) is 20.1. The predicted molar refractivity (Wildman–Crippen MR) is 115 cm³/mol. The Morgan fingerprint density at radius 3 is 2.50 bits per heavy atom. The number of carbonyl (C=O) groups excluding carboxylic acids is 1. The predicted octanol–water partition coefficient (Wildman–Crippen LogP) is 3.04. The summed E-state index contributed by atoms with van der Waals surface area (Å²) in [7, 11) is 0. The molecule has 0 unspecified atom stereocenters. The Morgan fingerprint density at radius 2 is 1.68 bits per heavy atom. The number of hydrogen-bond acceptors (Lipinski definition) is 3. The van der Waals surface area contributed by atoms with E-state index in [0.29, 0.717) is 6.42 Å². The first-order chi connectivity index (χ1) is 13.8. The fraction of sp³-hybridized carbons (Fsp3) is 0.348. The summed E-state index contributed by atoms with van der Waals surface area (Å²) in [6, 6.07) is 18.8. The number of H-pyrrole nitrogens is 1. The van der Waals surface area contributed by atoms with Crippen LogP contribution in [-0.4, -0.2) is 55.1 Å². The number of nitrogens with one attached hydrogen (secondary N) is 2. The van der Waals surface area contributed by atoms with E-state index in [-0.39, 0.29) is 5.91 Å². The Labute approximate surface area is 166 Å². The first kappa shape index (κ1) is 18.6. The SMILES string of the molecule is O=C(CCNCCc1c[nH]c2ccccc12)N1CCN(c2ccccc2)CC1. The third-order valence-electron chi connectivity index (χ3n) is 5.52. The smallest absolute Gasteiger partial charge is 0.223 e. The molecule has 0 atom stereocenters. The Kier molecular flexibility index (Phi) is 5.92. The summed E-state index contributed by atoms with van der Waals surface area (Å²) in [5, 5.41) is 4.71. The van der Waals surface area contributed by atoms with Gasteiger partial charge in [-0.25, -0.2) is 0 Å². The fourth-order valence-corrected chi connectivity index (χ4v) is 3.89. The molecule has 2 heterocycles. The molecule has 3 aromatic rings. The molecule has 5 nitrogen and oxygen atoms in total. The van der Waals surface area contributed by atoms with Gasteiger partial charge in [-0.1, -0.05) is 36.4 Å². The second kappa shape index (κ2) is 8.93. The van der Waals surface area contributed by atoms with Gasteiger partial charge in [0.05, 0.1) is 0 Å². The van der Waals surface area contributed by atoms with Crippen LogP contribution >= 0.6 is 0 Å². The molecule has 0 aliphatic carbocycles. The van der Waals surface area contributed by atoms with Crippen LogP contribution in [0, 0.1) is 0 Å². The van der Waals surface area contributed by atoms with E-state index in [9.17, 15) is 4.79 Å². The summed E-state index contributed by atoms with van der Waals surface area (Å²) < 4.78 is 0. The number of amides is 1. The molecule has 1 aliphatic heterocycles. The van der Waals surface area contributed by atoms with Gasteiger partial charge in [0.1, 0.15) is 0 Å². The highest BCUT2D eigenvalue weighted by Crippen LogP contribution is 2.18. The number of nitrogens with zero attached hydrogens (tertiary/aromatic N) is 2. The number of anilines is 1. The van der Waals surface area contributed by atoms with E-state index in [2.05, 4.69) is 63.9 Å². The largest absolute Gasteiger partial charge is 0.368 e. The van der Waals surface area contributed by atoms with E-state index in [1.807, 2.05) is 17.0 Å². The number of hydrogen-bond donors (Lipinski definition) is 2. The molecule has 2 aromatic carbocycles. The maximum atomic E-state index is 12.5. The third kappa shape index (κ3) is 4.37. The van der Waals surface area contributed by atoms with Gasteiger partial charge in [-0.3, -0.25) is 4.79 Å². The molecule has 0 bridgehead atoms. The van der Waals surface area contributed by atoms with Crippen molar-refractivity contribution in [3.05, 3.63) is 66.4 Å². The van der Waals surface area contributed by atoms with Crippen molar-refractivity contribution in [1.29, 1.82) is 0 Å². The van der Waals surface area contributed by atoms with Crippen LogP contribution in [0.5, 0.6) is 0 Å². The van der Waals surface area contributed by atoms with E-state index in [0.717, 1.165) is 45.7 Å². The molecule has 0 saturated carbocycles. The fourth-order valence-electron chi connectivity index (χ4n) is 3.89. The quantitative estimate of drug-likeness (QED) is 0.623. The van der Waals surface area contributed by atoms with Crippen molar-refractivity contribution in [3.63, 3.8) is 0 Å². The van der Waals surface area contributed by atoms with Crippen molar-refractivity contribution >= 4 is 22.5 Å². The number of aromatic amines is 1. The highest BCUT2D eigenvalue weighted by atomic mass is 16.2. The van der Waals surface area contributed by atoms with E-state index in [1.54, 1.807) is 0 Å². The third-order valence-corrected chi connectivity index (χ3v) is 5.52. The average molecular weight is 377 g/mol. The Balaban J connectivity index is 1.15. The van der Waals surface area contributed by atoms with Gasteiger partial charge in [0.25, 0.3) is 0 Å². The minimum Gasteiger partial charge on any atom is -0.368 e. The molecule has 1 amide bonds. The Bertz CT molecular complexity index is 897. The zero-order valence-electron chi connectivity index (χ0n) is 16.2. The van der Waals surface area contributed by atoms with Crippen molar-refractivity contribution in [2.24, 2.45) is 0 Å². The van der Waals surface area contributed by atoms with Gasteiger partial charge >= 0.3 is 0 Å². The zero-order chi connectivity index (χ0) is 19.2. The maximum absolute atomic E-state index is 12.5. The first-order valence-corrected chi connectivity index (χ1v) is 10.1. The lowest BCUT2D eigenvalue weighted by atomic mass is 10.1. The van der Waals surface area contributed by atoms with Crippen LogP contribution in [-0.2, 0) is 11.2 Å². The lowest BCUT2D eigenvalue weighted by Gasteiger charge is -2.36. The van der Waals surface area contributed by atoms with Gasteiger partial charge in [0, 0.05) is 61.9 Å². The zero-order valence-corrected chi connectivity index (χ0v) is 16.2. The molecule has 1 aliphatic rings. The number of para-hydroxylation sites is 2. The molecule has 4 rings (SSSR count). The number of carbonyl (C=O) groups is 1. The molecule has 28 heavy (non-hydrogen) atoms. The van der Waals surface area contributed by atoms with Crippen LogP contribution in [0.4, 0.5) is 5.69 Å². The molecule has 1 saturated heterocycles. The molecular formula is C23H28N4O. The Hall–Kier alpha value is -2.79. The summed E-state index contributed by atoms with van der Waals surface area (Å²) >= 11 is 0. The maximum Gasteiger partial charge on any atom is 0.223 e. The van der Waals surface area contributed by atoms with Crippen LogP contribution in [0.1, 0.15) is 12.0 Å². The van der Waals surface area contributed by atoms with E-state index in [1.165, 1.54) is 22.2 Å². The monoisotopic (exact) mass is 376 g/mol. The molecule has 1 fully saturated rings. The van der Waals surface area contributed by atoms with Gasteiger partial charge in [0.2, 0.25) is 5.91 Å².